The number of esters is 1. The Balaban J connectivity index is 2.33. The summed E-state index contributed by atoms with van der Waals surface area (Å²) in [7, 11) is 1.24. The number of imide groups is 1. The molecule has 0 radical (unpaired) electrons. The van der Waals surface area contributed by atoms with Crippen molar-refractivity contribution in [2.75, 3.05) is 26.9 Å². The molecule has 0 aromatic heterocycles. The highest BCUT2D eigenvalue weighted by Crippen LogP contribution is 2.37. The minimum atomic E-state index is -0.568. The number of nitrogens with zero attached hydrogens (tertiary/aromatic N) is 1. The number of carbonyl (C=O) groups is 3. The van der Waals surface area contributed by atoms with E-state index in [4.69, 9.17) is 21.1 Å². The lowest BCUT2D eigenvalue weighted by Crippen LogP contribution is -2.30. The van der Waals surface area contributed by atoms with Crippen molar-refractivity contribution in [3.8, 4) is 11.5 Å². The molecule has 0 saturated carbocycles. The van der Waals surface area contributed by atoms with Crippen LogP contribution < -0.4 is 14.8 Å². The van der Waals surface area contributed by atoms with E-state index >= 15 is 0 Å². The van der Waals surface area contributed by atoms with Gasteiger partial charge in [-0.3, -0.25) is 9.69 Å². The van der Waals surface area contributed by atoms with E-state index in [1.54, 1.807) is 13.0 Å². The minimum Gasteiger partial charge on any atom is -0.490 e. The van der Waals surface area contributed by atoms with Crippen LogP contribution in [0.25, 0.3) is 6.08 Å². The summed E-state index contributed by atoms with van der Waals surface area (Å²) in [6.07, 6.45) is 2.93. The standard InChI is InChI=1S/C18H19ClN2O6/c1-4-6-21-17(23)13(20-18(21)24)8-11-7-12(19)16(14(9-11)26-5-2)27-10-15(22)25-3/h4,7-9H,1,5-6,10H2,2-3H3,(H,20,24)/b13-8+. The SMILES string of the molecule is C=CCN1C(=O)N/C(=C/c2cc(Cl)c(OCC(=O)OC)c(OCC)c2)C1=O. The van der Waals surface area contributed by atoms with E-state index in [1.165, 1.54) is 25.3 Å². The third-order valence-corrected chi connectivity index (χ3v) is 3.76. The van der Waals surface area contributed by atoms with Crippen molar-refractivity contribution < 1.29 is 28.6 Å². The summed E-state index contributed by atoms with van der Waals surface area (Å²) in [6, 6.07) is 2.59. The Morgan fingerprint density at radius 2 is 2.07 bits per heavy atom. The van der Waals surface area contributed by atoms with Crippen LogP contribution in [0.15, 0.2) is 30.5 Å². The second-order valence-electron chi connectivity index (χ2n) is 5.32. The number of halogens is 1. The molecule has 3 amide bonds. The number of hydrogen-bond donors (Lipinski definition) is 1. The summed E-state index contributed by atoms with van der Waals surface area (Å²) in [5.41, 5.74) is 0.613. The van der Waals surface area contributed by atoms with Crippen LogP contribution >= 0.6 is 11.6 Å². The molecule has 1 aromatic carbocycles. The van der Waals surface area contributed by atoms with Crippen LogP contribution in [-0.2, 0) is 14.3 Å². The van der Waals surface area contributed by atoms with Gasteiger partial charge in [-0.15, -0.1) is 6.58 Å². The molecule has 144 valence electrons. The van der Waals surface area contributed by atoms with Crippen molar-refractivity contribution in [3.63, 3.8) is 0 Å². The smallest absolute Gasteiger partial charge is 0.343 e. The molecular formula is C18H19ClN2O6. The van der Waals surface area contributed by atoms with Gasteiger partial charge in [-0.05, 0) is 30.7 Å². The number of nitrogens with one attached hydrogen (secondary N) is 1. The third-order valence-electron chi connectivity index (χ3n) is 3.48. The van der Waals surface area contributed by atoms with E-state index < -0.39 is 17.9 Å². The largest absolute Gasteiger partial charge is 0.490 e. The quantitative estimate of drug-likeness (QED) is 0.315. The Hall–Kier alpha value is -3.00. The summed E-state index contributed by atoms with van der Waals surface area (Å²) >= 11 is 6.24. The maximum Gasteiger partial charge on any atom is 0.343 e. The number of methoxy groups -OCH3 is 1. The highest BCUT2D eigenvalue weighted by Gasteiger charge is 2.32. The lowest BCUT2D eigenvalue weighted by molar-refractivity contribution is -0.142. The predicted octanol–water partition coefficient (Wildman–Crippen LogP) is 2.37. The van der Waals surface area contributed by atoms with Gasteiger partial charge in [-0.25, -0.2) is 9.59 Å². The second kappa shape index (κ2) is 9.09. The van der Waals surface area contributed by atoms with Crippen LogP contribution in [0.3, 0.4) is 0 Å². The van der Waals surface area contributed by atoms with Gasteiger partial charge in [0, 0.05) is 6.54 Å². The van der Waals surface area contributed by atoms with Crippen LogP contribution in [-0.4, -0.2) is 49.7 Å². The van der Waals surface area contributed by atoms with Crippen LogP contribution in [0.2, 0.25) is 5.02 Å². The molecule has 9 heteroatoms. The van der Waals surface area contributed by atoms with Gasteiger partial charge in [-0.1, -0.05) is 17.7 Å². The van der Waals surface area contributed by atoms with Gasteiger partial charge >= 0.3 is 12.0 Å². The van der Waals surface area contributed by atoms with Gasteiger partial charge in [-0.2, -0.15) is 0 Å². The molecule has 1 aliphatic heterocycles. The number of urea groups is 1. The molecule has 1 aliphatic rings. The Morgan fingerprint density at radius 3 is 2.70 bits per heavy atom. The van der Waals surface area contributed by atoms with Crippen LogP contribution in [0.4, 0.5) is 4.79 Å². The molecular weight excluding hydrogens is 376 g/mol. The molecule has 1 N–H and O–H groups in total. The molecule has 0 aliphatic carbocycles. The molecule has 1 heterocycles. The number of carbonyl (C=O) groups excluding carboxylic acids is 3. The van der Waals surface area contributed by atoms with E-state index in [0.717, 1.165) is 4.90 Å². The Labute approximate surface area is 161 Å². The highest BCUT2D eigenvalue weighted by molar-refractivity contribution is 6.32. The van der Waals surface area contributed by atoms with Crippen molar-refractivity contribution in [3.05, 3.63) is 41.1 Å². The molecule has 1 fully saturated rings. The first-order valence-electron chi connectivity index (χ1n) is 8.02. The zero-order valence-electron chi connectivity index (χ0n) is 14.9. The summed E-state index contributed by atoms with van der Waals surface area (Å²) in [5, 5.41) is 2.67. The summed E-state index contributed by atoms with van der Waals surface area (Å²) < 4.78 is 15.4. The Bertz CT molecular complexity index is 805. The van der Waals surface area contributed by atoms with E-state index in [1.807, 2.05) is 0 Å². The molecule has 0 spiro atoms. The first-order valence-corrected chi connectivity index (χ1v) is 8.40. The van der Waals surface area contributed by atoms with Crippen molar-refractivity contribution in [2.24, 2.45) is 0 Å². The zero-order chi connectivity index (χ0) is 20.0. The van der Waals surface area contributed by atoms with Crippen molar-refractivity contribution in [1.29, 1.82) is 0 Å². The van der Waals surface area contributed by atoms with Gasteiger partial charge in [0.25, 0.3) is 5.91 Å². The van der Waals surface area contributed by atoms with Gasteiger partial charge in [0.2, 0.25) is 0 Å². The Kier molecular flexibility index (Phi) is 6.84. The predicted molar refractivity (Wildman–Crippen MR) is 98.6 cm³/mol. The first kappa shape index (κ1) is 20.3. The third kappa shape index (κ3) is 4.79. The fourth-order valence-corrected chi connectivity index (χ4v) is 2.57. The number of amides is 3. The van der Waals surface area contributed by atoms with E-state index in [-0.39, 0.29) is 29.6 Å². The minimum absolute atomic E-state index is 0.101. The fourth-order valence-electron chi connectivity index (χ4n) is 2.30. The molecule has 2 rings (SSSR count). The zero-order valence-corrected chi connectivity index (χ0v) is 15.7. The van der Waals surface area contributed by atoms with Crippen molar-refractivity contribution in [1.82, 2.24) is 10.2 Å². The molecule has 1 aromatic rings. The molecule has 0 unspecified atom stereocenters. The van der Waals surface area contributed by atoms with Gasteiger partial charge in [0.05, 0.1) is 18.7 Å². The molecule has 0 bridgehead atoms. The number of hydrogen-bond acceptors (Lipinski definition) is 6. The van der Waals surface area contributed by atoms with E-state index in [9.17, 15) is 14.4 Å². The molecule has 8 nitrogen and oxygen atoms in total. The Morgan fingerprint density at radius 1 is 1.33 bits per heavy atom. The second-order valence-corrected chi connectivity index (χ2v) is 5.73. The van der Waals surface area contributed by atoms with Gasteiger partial charge in [0.15, 0.2) is 18.1 Å². The lowest BCUT2D eigenvalue weighted by atomic mass is 10.1. The lowest BCUT2D eigenvalue weighted by Gasteiger charge is -2.14. The van der Waals surface area contributed by atoms with Crippen molar-refractivity contribution in [2.45, 2.75) is 6.92 Å². The van der Waals surface area contributed by atoms with Crippen LogP contribution in [0.5, 0.6) is 11.5 Å². The van der Waals surface area contributed by atoms with Crippen molar-refractivity contribution >= 4 is 35.6 Å². The maximum absolute atomic E-state index is 12.3. The monoisotopic (exact) mass is 394 g/mol. The molecule has 0 atom stereocenters. The molecule has 27 heavy (non-hydrogen) atoms. The summed E-state index contributed by atoms with van der Waals surface area (Å²) in [6.45, 7) is 5.39. The molecule has 1 saturated heterocycles. The maximum atomic E-state index is 12.3. The fraction of sp³-hybridized carbons (Fsp3) is 0.278. The van der Waals surface area contributed by atoms with E-state index in [0.29, 0.717) is 17.9 Å². The van der Waals surface area contributed by atoms with Gasteiger partial charge in [0.1, 0.15) is 5.70 Å². The number of rotatable bonds is 8. The summed E-state index contributed by atoms with van der Waals surface area (Å²) in [5.74, 6) is -0.567. The summed E-state index contributed by atoms with van der Waals surface area (Å²) in [4.78, 5) is 36.4. The normalized spacial score (nSPS) is 14.9. The number of ether oxygens (including phenoxy) is 3. The average molecular weight is 395 g/mol. The van der Waals surface area contributed by atoms with E-state index in [2.05, 4.69) is 16.6 Å². The first-order chi connectivity index (χ1) is 12.9. The number of benzene rings is 1. The van der Waals surface area contributed by atoms with Crippen LogP contribution in [0.1, 0.15) is 12.5 Å². The average Bonchev–Trinajstić information content (AvgIpc) is 2.89. The topological polar surface area (TPSA) is 94.2 Å². The van der Waals surface area contributed by atoms with Gasteiger partial charge < -0.3 is 19.5 Å². The highest BCUT2D eigenvalue weighted by atomic mass is 35.5. The van der Waals surface area contributed by atoms with Crippen LogP contribution in [0, 0.1) is 0 Å².